The van der Waals surface area contributed by atoms with Crippen LogP contribution in [0, 0.1) is 40.7 Å². The maximum atomic E-state index is 14.0. The van der Waals surface area contributed by atoms with E-state index < -0.39 is 28.6 Å². The monoisotopic (exact) mass is 1760 g/mol. The standard InChI is InChI=1S/C27H30N6O.C25H26F3N5O.C25H31FN4O2.C23H32FN3O2/c1-31(2)27(22-6-4-3-5-7-22)17-26(18-27)19-32(25(34)33(26)16-20-8-9-20)23-14-29-24(30-15-23)21-10-12-28-13-11-21;1-31(2)24(18-6-4-3-5-7-18)14-23(15-24)16-32(22(34)33(23)13-17-8-9-17)19-10-20(25(26,27)28)21(11-29)30-12-19;1-28(2)25(20-4-3-5-21(26)14-20)16-24(17-25)18-30(23(31)27-24)15-19-6-8-22(9-7-19)29-10-12-32-13-11-29;1-25(2)23(18-5-3-6-19(24)11-18)13-21(14-23)15-26(16-22(29)9-4-10-22)20(28)27(21)12-17-7-8-17/h3-7,10-15,20H,8-9,16-19H2,1-2H3;3-7,10,12,17H,8-9,13-16H2,1-2H3;3-9,14H,10-13,15-18H2,1-2H3,(H,27,31);3,5-6,11,17,29H,4,7-10,12-16H2,1-2H3. The molecule has 13 aliphatic rings. The predicted molar refractivity (Wildman–Crippen MR) is 482 cm³/mol. The first-order valence-corrected chi connectivity index (χ1v) is 45.7. The molecule has 8 heterocycles. The molecule has 0 atom stereocenters. The van der Waals surface area contributed by atoms with E-state index in [1.165, 1.54) is 71.8 Å². The number of rotatable bonds is 22. The number of amides is 8. The SMILES string of the molecule is CN(C)C1(c2cccc(F)c2)CC2(CN(CC3(O)CCC3)C(=O)N2CC2CC2)C1.CN(C)C1(c2cccc(F)c2)CC2(CN(Cc3ccc(N4CCOCC4)cc3)C(=O)N2)C1.CN(C)C1(c2ccccc2)CC2(CN(c3cnc(-c4ccncc4)nc3)C(=O)N2CC2CC2)C1.CN(C)C1(c2ccccc2)CC2(CN(c3cnc(C#N)c(C(F)(F)F)c3)C(=O)N2CC2CC2)C1. The smallest absolute Gasteiger partial charge is 0.388 e. The molecular weight excluding hydrogens is 1640 g/mol. The molecule has 4 spiro atoms. The Bertz CT molecular complexity index is 5450. The summed E-state index contributed by atoms with van der Waals surface area (Å²) >= 11 is 0. The van der Waals surface area contributed by atoms with Gasteiger partial charge < -0.3 is 44.6 Å². The summed E-state index contributed by atoms with van der Waals surface area (Å²) in [4.78, 5) is 94.8. The number of anilines is 3. The number of β-amino-alcohol motifs (C(OH)–C–C–N with tert-alkyl or cyclic N) is 1. The highest BCUT2D eigenvalue weighted by atomic mass is 19.4. The number of nitriles is 1. The molecule has 5 aromatic carbocycles. The fourth-order valence-corrected chi connectivity index (χ4v) is 22.8. The number of hydrogen-bond acceptors (Lipinski definition) is 16. The van der Waals surface area contributed by atoms with Crippen LogP contribution in [0.15, 0.2) is 183 Å². The van der Waals surface area contributed by atoms with Crippen molar-refractivity contribution in [2.45, 2.75) is 172 Å². The van der Waals surface area contributed by atoms with E-state index in [4.69, 9.17) is 10.00 Å². The number of carbonyl (C=O) groups excluding carboxylic acids is 4. The number of benzene rings is 5. The molecule has 0 bridgehead atoms. The van der Waals surface area contributed by atoms with Crippen molar-refractivity contribution in [1.29, 1.82) is 5.26 Å². The average molecular weight is 1760 g/mol. The van der Waals surface area contributed by atoms with E-state index in [-0.39, 0.29) is 80.2 Å². The molecule has 3 aromatic heterocycles. The van der Waals surface area contributed by atoms with Crippen molar-refractivity contribution in [1.82, 2.24) is 69.4 Å². The van der Waals surface area contributed by atoms with Gasteiger partial charge in [-0.3, -0.25) is 34.4 Å². The number of carbonyl (C=O) groups is 4. The first-order valence-electron chi connectivity index (χ1n) is 45.7. The van der Waals surface area contributed by atoms with Gasteiger partial charge in [0.05, 0.1) is 118 Å². The molecule has 21 rings (SSSR count). The zero-order valence-electron chi connectivity index (χ0n) is 75.2. The molecule has 8 aromatic rings. The van der Waals surface area contributed by atoms with Gasteiger partial charge in [0.1, 0.15) is 17.7 Å². The highest BCUT2D eigenvalue weighted by Crippen LogP contribution is 2.62. The molecule has 13 fully saturated rings. The van der Waals surface area contributed by atoms with Gasteiger partial charge in [-0.1, -0.05) is 97.1 Å². The summed E-state index contributed by atoms with van der Waals surface area (Å²) in [6.07, 6.45) is 19.5. The summed E-state index contributed by atoms with van der Waals surface area (Å²) in [7, 11) is 16.5. The Balaban J connectivity index is 0.000000116. The third kappa shape index (κ3) is 16.9. The molecule has 129 heavy (non-hydrogen) atoms. The molecule has 5 aliphatic heterocycles. The second-order valence-electron chi connectivity index (χ2n) is 40.2. The van der Waals surface area contributed by atoms with Crippen molar-refractivity contribution >= 4 is 41.2 Å². The van der Waals surface area contributed by atoms with E-state index >= 15 is 0 Å². The molecule has 0 radical (unpaired) electrons. The Kier molecular flexibility index (Phi) is 23.6. The maximum Gasteiger partial charge on any atom is 0.419 e. The summed E-state index contributed by atoms with van der Waals surface area (Å²) < 4.78 is 74.0. The number of morpholine rings is 1. The maximum absolute atomic E-state index is 14.0. The number of nitrogens with one attached hydrogen (secondary N) is 1. The highest BCUT2D eigenvalue weighted by molar-refractivity contribution is 5.97. The first kappa shape index (κ1) is 88.9. The van der Waals surface area contributed by atoms with Crippen LogP contribution in [-0.4, -0.2) is 256 Å². The number of halogens is 5. The largest absolute Gasteiger partial charge is 0.419 e. The minimum atomic E-state index is -4.73. The zero-order chi connectivity index (χ0) is 90.4. The highest BCUT2D eigenvalue weighted by Gasteiger charge is 2.69. The van der Waals surface area contributed by atoms with Crippen LogP contribution in [-0.2, 0) is 39.6 Å². The van der Waals surface area contributed by atoms with Gasteiger partial charge in [0.25, 0.3) is 0 Å². The second-order valence-corrected chi connectivity index (χ2v) is 40.2. The van der Waals surface area contributed by atoms with Gasteiger partial charge in [-0.25, -0.2) is 42.9 Å². The van der Waals surface area contributed by atoms with E-state index in [1.807, 2.05) is 90.3 Å². The summed E-state index contributed by atoms with van der Waals surface area (Å²) in [5, 5.41) is 23.0. The Labute approximate surface area is 753 Å². The lowest BCUT2D eigenvalue weighted by molar-refractivity contribution is -0.138. The van der Waals surface area contributed by atoms with Gasteiger partial charge in [-0.2, -0.15) is 18.4 Å². The van der Waals surface area contributed by atoms with Crippen molar-refractivity contribution < 1.29 is 51.0 Å². The first-order chi connectivity index (χ1) is 61.7. The molecule has 29 heteroatoms. The fourth-order valence-electron chi connectivity index (χ4n) is 22.8. The van der Waals surface area contributed by atoms with Crippen molar-refractivity contribution in [3.05, 3.63) is 233 Å². The number of aliphatic hydroxyl groups is 1. The zero-order valence-corrected chi connectivity index (χ0v) is 75.2. The molecule has 8 amide bonds. The Morgan fingerprint density at radius 3 is 1.39 bits per heavy atom. The Hall–Kier alpha value is -10.7. The van der Waals surface area contributed by atoms with E-state index in [9.17, 15) is 46.2 Å². The molecule has 8 saturated carbocycles. The van der Waals surface area contributed by atoms with Gasteiger partial charge in [-0.15, -0.1) is 0 Å². The molecule has 8 aliphatic carbocycles. The van der Waals surface area contributed by atoms with Gasteiger partial charge in [0.2, 0.25) is 0 Å². The number of hydrogen-bond donors (Lipinski definition) is 2. The van der Waals surface area contributed by atoms with E-state index in [0.29, 0.717) is 82.2 Å². The van der Waals surface area contributed by atoms with E-state index in [2.05, 4.69) is 154 Å². The van der Waals surface area contributed by atoms with Crippen LogP contribution in [0.5, 0.6) is 0 Å². The van der Waals surface area contributed by atoms with Crippen LogP contribution in [0.1, 0.15) is 148 Å². The van der Waals surface area contributed by atoms with Crippen molar-refractivity contribution in [3.63, 3.8) is 0 Å². The lowest BCUT2D eigenvalue weighted by Gasteiger charge is -2.60. The van der Waals surface area contributed by atoms with Crippen molar-refractivity contribution in [3.8, 4) is 17.5 Å². The minimum absolute atomic E-state index is 0.0196. The van der Waals surface area contributed by atoms with Crippen LogP contribution in [0.25, 0.3) is 11.4 Å². The van der Waals surface area contributed by atoms with Crippen LogP contribution in [0.4, 0.5) is 58.2 Å². The van der Waals surface area contributed by atoms with Crippen molar-refractivity contribution in [2.24, 2.45) is 17.8 Å². The molecule has 680 valence electrons. The van der Waals surface area contributed by atoms with Crippen LogP contribution in [0.3, 0.4) is 0 Å². The van der Waals surface area contributed by atoms with Crippen LogP contribution < -0.4 is 20.0 Å². The van der Waals surface area contributed by atoms with Gasteiger partial charge in [0, 0.05) is 76.0 Å². The molecular formula is C100H119F5N18O6. The number of urea groups is 4. The van der Waals surface area contributed by atoms with Gasteiger partial charge >= 0.3 is 30.3 Å². The van der Waals surface area contributed by atoms with Crippen molar-refractivity contribution in [2.75, 3.05) is 150 Å². The number of nitrogens with zero attached hydrogens (tertiary/aromatic N) is 17. The topological polar surface area (TPSA) is 224 Å². The number of pyridine rings is 2. The summed E-state index contributed by atoms with van der Waals surface area (Å²) in [5.74, 6) is 1.90. The summed E-state index contributed by atoms with van der Waals surface area (Å²) in [6.45, 7) is 9.00. The second kappa shape index (κ2) is 34.2. The Morgan fingerprint density at radius 1 is 0.504 bits per heavy atom. The normalized spacial score (nSPS) is 28.4. The quantitative estimate of drug-likeness (QED) is 0.0602. The molecule has 5 saturated heterocycles. The number of aromatic nitrogens is 4. The van der Waals surface area contributed by atoms with Crippen LogP contribution in [0.2, 0.25) is 0 Å². The fraction of sp³-hybridized carbons (Fsp3) is 0.510. The lowest BCUT2D eigenvalue weighted by atomic mass is 9.58. The minimum Gasteiger partial charge on any atom is -0.388 e. The Morgan fingerprint density at radius 2 is 0.946 bits per heavy atom. The summed E-state index contributed by atoms with van der Waals surface area (Å²) in [6, 6.07) is 49.2. The third-order valence-electron chi connectivity index (χ3n) is 30.8. The molecule has 2 N–H and O–H groups in total. The molecule has 24 nitrogen and oxygen atoms in total. The molecule has 0 unspecified atom stereocenters. The average Bonchev–Trinajstić information content (AvgIpc) is 1.57. The van der Waals surface area contributed by atoms with Gasteiger partial charge in [0.15, 0.2) is 11.5 Å². The third-order valence-corrected chi connectivity index (χ3v) is 30.8. The number of alkyl halides is 3. The lowest BCUT2D eigenvalue weighted by Crippen LogP contribution is -2.67. The van der Waals surface area contributed by atoms with E-state index in [0.717, 1.165) is 144 Å². The van der Waals surface area contributed by atoms with Crippen LogP contribution >= 0.6 is 0 Å². The number of ether oxygens (including phenoxy) is 1. The predicted octanol–water partition coefficient (Wildman–Crippen LogP) is 15.1. The van der Waals surface area contributed by atoms with E-state index in [1.54, 1.807) is 49.1 Å². The van der Waals surface area contributed by atoms with Gasteiger partial charge in [-0.05, 0) is 266 Å². The summed E-state index contributed by atoms with van der Waals surface area (Å²) in [5.41, 5.74) is 4.11.